The first-order valence-corrected chi connectivity index (χ1v) is 9.86. The van der Waals surface area contributed by atoms with Crippen LogP contribution >= 0.6 is 15.9 Å². The average molecular weight is 486 g/mol. The monoisotopic (exact) mass is 485 g/mol. The van der Waals surface area contributed by atoms with Crippen LogP contribution in [0, 0.1) is 0 Å². The molecule has 9 nitrogen and oxygen atoms in total. The van der Waals surface area contributed by atoms with E-state index < -0.39 is 5.97 Å². The molecule has 0 saturated heterocycles. The van der Waals surface area contributed by atoms with Crippen LogP contribution in [0.25, 0.3) is 6.08 Å². The van der Waals surface area contributed by atoms with Gasteiger partial charge >= 0.3 is 5.97 Å². The van der Waals surface area contributed by atoms with Crippen LogP contribution in [0.15, 0.2) is 53.0 Å². The summed E-state index contributed by atoms with van der Waals surface area (Å²) in [6.07, 6.45) is 2.89. The molecule has 0 atom stereocenters. The van der Waals surface area contributed by atoms with Crippen molar-refractivity contribution in [2.45, 2.75) is 6.61 Å². The van der Waals surface area contributed by atoms with Crippen molar-refractivity contribution in [3.63, 3.8) is 0 Å². The third-order valence-electron chi connectivity index (χ3n) is 3.99. The number of esters is 1. The van der Waals surface area contributed by atoms with Gasteiger partial charge in [0.25, 0.3) is 0 Å². The molecule has 0 fully saturated rings. The van der Waals surface area contributed by atoms with E-state index in [1.807, 2.05) is 24.3 Å². The molecule has 3 N–H and O–H groups in total. The van der Waals surface area contributed by atoms with E-state index >= 15 is 0 Å². The minimum Gasteiger partial charge on any atom is -0.496 e. The Balaban J connectivity index is 1.66. The Bertz CT molecular complexity index is 1110. The number of ether oxygens (including phenoxy) is 3. The number of carbonyl (C=O) groups excluding carboxylic acids is 1. The highest BCUT2D eigenvalue weighted by Gasteiger charge is 2.10. The molecule has 0 aliphatic heterocycles. The molecule has 3 aromatic rings. The van der Waals surface area contributed by atoms with E-state index in [9.17, 15) is 4.79 Å². The molecule has 0 aliphatic carbocycles. The number of hydrogen-bond acceptors (Lipinski definition) is 9. The van der Waals surface area contributed by atoms with Crippen molar-refractivity contribution in [1.29, 1.82) is 0 Å². The lowest BCUT2D eigenvalue weighted by molar-refractivity contribution is -0.139. The number of para-hydroxylation sites is 2. The number of methoxy groups -OCH3 is 2. The van der Waals surface area contributed by atoms with Crippen LogP contribution < -0.4 is 20.5 Å². The highest BCUT2D eigenvalue weighted by Crippen LogP contribution is 2.26. The summed E-state index contributed by atoms with van der Waals surface area (Å²) in [7, 11) is 3.12. The minimum absolute atomic E-state index is 0.00661. The molecule has 1 aromatic heterocycles. The Hall–Kier alpha value is -3.66. The third kappa shape index (κ3) is 6.16. The second-order valence-electron chi connectivity index (χ2n) is 6.09. The van der Waals surface area contributed by atoms with Gasteiger partial charge in [-0.05, 0) is 36.4 Å². The molecule has 3 rings (SSSR count). The van der Waals surface area contributed by atoms with Crippen LogP contribution in [-0.2, 0) is 16.1 Å². The topological polar surface area (TPSA) is 121 Å². The summed E-state index contributed by atoms with van der Waals surface area (Å²) in [5.74, 6) is 1.07. The molecule has 2 aromatic carbocycles. The van der Waals surface area contributed by atoms with Gasteiger partial charge in [0, 0.05) is 16.1 Å². The van der Waals surface area contributed by atoms with E-state index in [4.69, 9.17) is 19.9 Å². The van der Waals surface area contributed by atoms with E-state index in [-0.39, 0.29) is 24.3 Å². The number of benzene rings is 2. The molecule has 1 heterocycles. The zero-order chi connectivity index (χ0) is 22.2. The minimum atomic E-state index is -0.569. The number of aromatic nitrogens is 3. The van der Waals surface area contributed by atoms with Crippen LogP contribution in [0.2, 0.25) is 0 Å². The summed E-state index contributed by atoms with van der Waals surface area (Å²) in [4.78, 5) is 24.4. The second kappa shape index (κ2) is 10.4. The predicted octanol–water partition coefficient (Wildman–Crippen LogP) is 3.73. The molecule has 0 saturated carbocycles. The zero-order valence-corrected chi connectivity index (χ0v) is 18.4. The van der Waals surface area contributed by atoms with Gasteiger partial charge in [0.05, 0.1) is 19.9 Å². The Labute approximate surface area is 187 Å². The van der Waals surface area contributed by atoms with Crippen LogP contribution in [-0.4, -0.2) is 35.1 Å². The smallest absolute Gasteiger partial charge is 0.331 e. The molecular formula is C21H20BrN5O4. The summed E-state index contributed by atoms with van der Waals surface area (Å²) in [6, 6.07) is 12.7. The van der Waals surface area contributed by atoms with Crippen LogP contribution in [0.5, 0.6) is 11.5 Å². The van der Waals surface area contributed by atoms with Crippen LogP contribution in [0.3, 0.4) is 0 Å². The second-order valence-corrected chi connectivity index (χ2v) is 7.00. The zero-order valence-electron chi connectivity index (χ0n) is 16.8. The first kappa shape index (κ1) is 22.0. The number of nitrogens with two attached hydrogens (primary N) is 1. The normalized spacial score (nSPS) is 10.7. The lowest BCUT2D eigenvalue weighted by Crippen LogP contribution is -2.10. The third-order valence-corrected chi connectivity index (χ3v) is 4.48. The van der Waals surface area contributed by atoms with E-state index in [2.05, 4.69) is 36.2 Å². The van der Waals surface area contributed by atoms with Gasteiger partial charge in [-0.3, -0.25) is 0 Å². The number of nitrogens with one attached hydrogen (secondary N) is 1. The van der Waals surface area contributed by atoms with Gasteiger partial charge in [-0.2, -0.15) is 15.0 Å². The number of nitrogen functional groups attached to an aromatic ring is 1. The molecule has 0 radical (unpaired) electrons. The Morgan fingerprint density at radius 2 is 1.87 bits per heavy atom. The maximum Gasteiger partial charge on any atom is 0.331 e. The van der Waals surface area contributed by atoms with Gasteiger partial charge in [0.2, 0.25) is 11.9 Å². The highest BCUT2D eigenvalue weighted by atomic mass is 79.9. The lowest BCUT2D eigenvalue weighted by Gasteiger charge is -2.10. The standard InChI is InChI=1S/C21H20BrN5O4/c1-29-16-9-8-14(22)11-13(16)7-10-19(28)31-12-18-25-20(23)27-21(26-18)24-15-5-3-4-6-17(15)30-2/h3-11H,12H2,1-2H3,(H3,23,24,25,26,27)/b10-7+. The predicted molar refractivity (Wildman–Crippen MR) is 120 cm³/mol. The van der Waals surface area contributed by atoms with Crippen molar-refractivity contribution in [2.75, 3.05) is 25.3 Å². The van der Waals surface area contributed by atoms with Crippen molar-refractivity contribution in [3.05, 3.63) is 64.4 Å². The number of halogens is 1. The summed E-state index contributed by atoms with van der Waals surface area (Å²) < 4.78 is 16.6. The van der Waals surface area contributed by atoms with Crippen molar-refractivity contribution >= 4 is 45.6 Å². The fourth-order valence-electron chi connectivity index (χ4n) is 2.60. The molecule has 0 unspecified atom stereocenters. The lowest BCUT2D eigenvalue weighted by atomic mass is 10.2. The van der Waals surface area contributed by atoms with E-state index in [1.54, 1.807) is 38.5 Å². The number of hydrogen-bond donors (Lipinski definition) is 2. The summed E-state index contributed by atoms with van der Waals surface area (Å²) in [6.45, 7) is -0.174. The Kier molecular flexibility index (Phi) is 7.39. The van der Waals surface area contributed by atoms with Gasteiger partial charge in [-0.25, -0.2) is 4.79 Å². The Morgan fingerprint density at radius 1 is 1.10 bits per heavy atom. The molecule has 31 heavy (non-hydrogen) atoms. The molecule has 10 heteroatoms. The van der Waals surface area contributed by atoms with Crippen LogP contribution in [0.1, 0.15) is 11.4 Å². The summed E-state index contributed by atoms with van der Waals surface area (Å²) in [5, 5.41) is 3.02. The summed E-state index contributed by atoms with van der Waals surface area (Å²) in [5.41, 5.74) is 7.15. The largest absolute Gasteiger partial charge is 0.496 e. The molecular weight excluding hydrogens is 466 g/mol. The highest BCUT2D eigenvalue weighted by molar-refractivity contribution is 9.10. The first-order chi connectivity index (χ1) is 15.0. The van der Waals surface area contributed by atoms with Crippen molar-refractivity contribution < 1.29 is 19.0 Å². The fraction of sp³-hybridized carbons (Fsp3) is 0.143. The van der Waals surface area contributed by atoms with E-state index in [1.165, 1.54) is 6.08 Å². The van der Waals surface area contributed by atoms with E-state index in [0.717, 1.165) is 10.0 Å². The number of anilines is 3. The molecule has 0 amide bonds. The average Bonchev–Trinajstić information content (AvgIpc) is 2.76. The van der Waals surface area contributed by atoms with Gasteiger partial charge < -0.3 is 25.3 Å². The van der Waals surface area contributed by atoms with Crippen molar-refractivity contribution in [2.24, 2.45) is 0 Å². The first-order valence-electron chi connectivity index (χ1n) is 9.07. The number of rotatable bonds is 8. The quantitative estimate of drug-likeness (QED) is 0.362. The van der Waals surface area contributed by atoms with Gasteiger partial charge in [-0.15, -0.1) is 0 Å². The molecule has 160 valence electrons. The molecule has 0 bridgehead atoms. The maximum atomic E-state index is 12.1. The number of carbonyl (C=O) groups is 1. The maximum absolute atomic E-state index is 12.1. The Morgan fingerprint density at radius 3 is 2.65 bits per heavy atom. The van der Waals surface area contributed by atoms with Crippen molar-refractivity contribution in [1.82, 2.24) is 15.0 Å². The van der Waals surface area contributed by atoms with Crippen molar-refractivity contribution in [3.8, 4) is 11.5 Å². The van der Waals surface area contributed by atoms with Gasteiger partial charge in [0.1, 0.15) is 11.5 Å². The summed E-state index contributed by atoms with van der Waals surface area (Å²) >= 11 is 3.39. The van der Waals surface area contributed by atoms with Gasteiger partial charge in [-0.1, -0.05) is 28.1 Å². The fourth-order valence-corrected chi connectivity index (χ4v) is 2.98. The molecule has 0 aliphatic rings. The van der Waals surface area contributed by atoms with Crippen LogP contribution in [0.4, 0.5) is 17.6 Å². The van der Waals surface area contributed by atoms with E-state index in [0.29, 0.717) is 17.2 Å². The molecule has 0 spiro atoms. The van der Waals surface area contributed by atoms with Gasteiger partial charge in [0.15, 0.2) is 12.4 Å². The SMILES string of the molecule is COc1ccc(Br)cc1/C=C/C(=O)OCc1nc(N)nc(Nc2ccccc2OC)n1. The number of nitrogens with zero attached hydrogens (tertiary/aromatic N) is 3.